The number of benzene rings is 1. The van der Waals surface area contributed by atoms with Crippen molar-refractivity contribution in [1.29, 1.82) is 0 Å². The molecule has 0 radical (unpaired) electrons. The number of amides is 1. The number of rotatable bonds is 6. The first-order valence-electron chi connectivity index (χ1n) is 7.45. The number of aromatic carboxylic acids is 1. The quantitative estimate of drug-likeness (QED) is 0.620. The number of non-ortho nitro benzene ring substituents is 1. The zero-order chi connectivity index (χ0) is 18.8. The molecule has 0 heterocycles. The van der Waals surface area contributed by atoms with E-state index in [1.807, 2.05) is 0 Å². The summed E-state index contributed by atoms with van der Waals surface area (Å²) in [5.41, 5.74) is -1.65. The number of nitro benzene ring substituents is 1. The van der Waals surface area contributed by atoms with Crippen molar-refractivity contribution >= 4 is 17.6 Å². The Labute approximate surface area is 140 Å². The van der Waals surface area contributed by atoms with Crippen LogP contribution in [0.3, 0.4) is 0 Å². The monoisotopic (exact) mass is 360 g/mol. The summed E-state index contributed by atoms with van der Waals surface area (Å²) >= 11 is 0. The van der Waals surface area contributed by atoms with Crippen LogP contribution in [0.5, 0.6) is 0 Å². The highest BCUT2D eigenvalue weighted by molar-refractivity contribution is 5.98. The van der Waals surface area contributed by atoms with Crippen LogP contribution >= 0.6 is 0 Å². The molecule has 0 saturated heterocycles. The van der Waals surface area contributed by atoms with E-state index in [1.54, 1.807) is 0 Å². The number of alkyl halides is 3. The largest absolute Gasteiger partial charge is 0.478 e. The van der Waals surface area contributed by atoms with Crippen LogP contribution in [0.1, 0.15) is 40.0 Å². The number of halogens is 3. The second kappa shape index (κ2) is 7.08. The average Bonchev–Trinajstić information content (AvgIpc) is 2.47. The van der Waals surface area contributed by atoms with Gasteiger partial charge in [0.1, 0.15) is 6.54 Å². The molecule has 136 valence electrons. The number of hydrogen-bond donors (Lipinski definition) is 1. The fourth-order valence-electron chi connectivity index (χ4n) is 2.57. The number of carbonyl (C=O) groups is 2. The Morgan fingerprint density at radius 3 is 2.28 bits per heavy atom. The number of carboxylic acid groups (broad SMARTS) is 1. The molecule has 0 unspecified atom stereocenters. The van der Waals surface area contributed by atoms with Crippen molar-refractivity contribution < 1.29 is 32.8 Å². The molecule has 1 aliphatic carbocycles. The third-order valence-corrected chi connectivity index (χ3v) is 3.98. The summed E-state index contributed by atoms with van der Waals surface area (Å²) in [5, 5.41) is 19.9. The van der Waals surface area contributed by atoms with Crippen molar-refractivity contribution in [2.24, 2.45) is 5.92 Å². The van der Waals surface area contributed by atoms with Crippen LogP contribution in [0.15, 0.2) is 18.2 Å². The van der Waals surface area contributed by atoms with Gasteiger partial charge in [-0.05, 0) is 24.8 Å². The molecule has 1 aromatic carbocycles. The van der Waals surface area contributed by atoms with Gasteiger partial charge in [0.25, 0.3) is 11.6 Å². The van der Waals surface area contributed by atoms with Crippen LogP contribution < -0.4 is 0 Å². The average molecular weight is 360 g/mol. The number of hydrogen-bond acceptors (Lipinski definition) is 4. The molecule has 0 aliphatic heterocycles. The van der Waals surface area contributed by atoms with Gasteiger partial charge in [0.05, 0.1) is 10.5 Å². The van der Waals surface area contributed by atoms with E-state index in [4.69, 9.17) is 5.11 Å². The molecule has 7 nitrogen and oxygen atoms in total. The van der Waals surface area contributed by atoms with Gasteiger partial charge >= 0.3 is 12.1 Å². The summed E-state index contributed by atoms with van der Waals surface area (Å²) in [6, 6.07) is 2.39. The molecule has 2 rings (SSSR count). The minimum atomic E-state index is -4.63. The van der Waals surface area contributed by atoms with Gasteiger partial charge in [-0.25, -0.2) is 4.79 Å². The van der Waals surface area contributed by atoms with Crippen LogP contribution in [0.2, 0.25) is 0 Å². The molecule has 0 bridgehead atoms. The van der Waals surface area contributed by atoms with Crippen molar-refractivity contribution in [3.63, 3.8) is 0 Å². The Morgan fingerprint density at radius 1 is 1.24 bits per heavy atom. The summed E-state index contributed by atoms with van der Waals surface area (Å²) in [4.78, 5) is 34.1. The predicted octanol–water partition coefficient (Wildman–Crippen LogP) is 3.10. The van der Waals surface area contributed by atoms with Gasteiger partial charge in [-0.1, -0.05) is 6.42 Å². The lowest BCUT2D eigenvalue weighted by atomic mass is 9.85. The Bertz CT molecular complexity index is 669. The first-order chi connectivity index (χ1) is 11.6. The molecule has 25 heavy (non-hydrogen) atoms. The highest BCUT2D eigenvalue weighted by atomic mass is 19.4. The van der Waals surface area contributed by atoms with Crippen LogP contribution in [0.25, 0.3) is 0 Å². The maximum absolute atomic E-state index is 12.8. The summed E-state index contributed by atoms with van der Waals surface area (Å²) in [6.07, 6.45) is -2.34. The molecule has 1 fully saturated rings. The van der Waals surface area contributed by atoms with Crippen molar-refractivity contribution in [2.45, 2.75) is 25.4 Å². The van der Waals surface area contributed by atoms with Gasteiger partial charge in [-0.15, -0.1) is 0 Å². The third-order valence-electron chi connectivity index (χ3n) is 3.98. The lowest BCUT2D eigenvalue weighted by Gasteiger charge is -2.33. The first-order valence-corrected chi connectivity index (χ1v) is 7.45. The van der Waals surface area contributed by atoms with Crippen LogP contribution in [0.4, 0.5) is 18.9 Å². The fraction of sp³-hybridized carbons (Fsp3) is 0.467. The SMILES string of the molecule is O=C(O)c1cc(C(=O)N(CC2CCC2)CC(F)(F)F)cc([N+](=O)[O-])c1. The first kappa shape index (κ1) is 18.7. The zero-order valence-electron chi connectivity index (χ0n) is 13.0. The molecule has 1 N–H and O–H groups in total. The van der Waals surface area contributed by atoms with Crippen LogP contribution in [-0.2, 0) is 0 Å². The number of carbonyl (C=O) groups excluding carboxylic acids is 1. The second-order valence-electron chi connectivity index (χ2n) is 5.93. The zero-order valence-corrected chi connectivity index (χ0v) is 13.0. The normalized spacial score (nSPS) is 14.7. The number of nitrogens with zero attached hydrogens (tertiary/aromatic N) is 2. The van der Waals surface area contributed by atoms with E-state index in [2.05, 4.69) is 0 Å². The van der Waals surface area contributed by atoms with E-state index < -0.39 is 46.3 Å². The molecule has 0 atom stereocenters. The van der Waals surface area contributed by atoms with Gasteiger partial charge < -0.3 is 10.0 Å². The number of nitro groups is 1. The minimum absolute atomic E-state index is 0.0519. The van der Waals surface area contributed by atoms with Gasteiger partial charge in [0, 0.05) is 24.2 Å². The smallest absolute Gasteiger partial charge is 0.406 e. The summed E-state index contributed by atoms with van der Waals surface area (Å²) in [7, 11) is 0. The Balaban J connectivity index is 2.35. The molecular formula is C15H15F3N2O5. The molecule has 1 saturated carbocycles. The molecule has 1 amide bonds. The highest BCUT2D eigenvalue weighted by Gasteiger charge is 2.35. The number of carboxylic acids is 1. The van der Waals surface area contributed by atoms with E-state index in [1.165, 1.54) is 0 Å². The highest BCUT2D eigenvalue weighted by Crippen LogP contribution is 2.29. The second-order valence-corrected chi connectivity index (χ2v) is 5.93. The lowest BCUT2D eigenvalue weighted by molar-refractivity contribution is -0.384. The van der Waals surface area contributed by atoms with Crippen molar-refractivity contribution in [2.75, 3.05) is 13.1 Å². The van der Waals surface area contributed by atoms with Gasteiger partial charge in [-0.2, -0.15) is 13.2 Å². The van der Waals surface area contributed by atoms with Crippen molar-refractivity contribution in [3.05, 3.63) is 39.4 Å². The minimum Gasteiger partial charge on any atom is -0.478 e. The lowest BCUT2D eigenvalue weighted by Crippen LogP contribution is -2.43. The van der Waals surface area contributed by atoms with E-state index >= 15 is 0 Å². The third kappa shape index (κ3) is 4.91. The molecule has 1 aliphatic rings. The molecule has 0 spiro atoms. The van der Waals surface area contributed by atoms with E-state index in [9.17, 15) is 32.9 Å². The molecular weight excluding hydrogens is 345 g/mol. The maximum Gasteiger partial charge on any atom is 0.406 e. The van der Waals surface area contributed by atoms with Crippen molar-refractivity contribution in [3.8, 4) is 0 Å². The van der Waals surface area contributed by atoms with E-state index in [-0.39, 0.29) is 12.5 Å². The van der Waals surface area contributed by atoms with Crippen molar-refractivity contribution in [1.82, 2.24) is 4.90 Å². The van der Waals surface area contributed by atoms with Crippen LogP contribution in [-0.4, -0.2) is 46.1 Å². The standard InChI is InChI=1S/C15H15F3N2O5/c16-15(17,18)8-19(7-9-2-1-3-9)13(21)10-4-11(14(22)23)6-12(5-10)20(24)25/h4-6,9H,1-3,7-8H2,(H,22,23). The van der Waals surface area contributed by atoms with Gasteiger partial charge in [0.2, 0.25) is 0 Å². The summed E-state index contributed by atoms with van der Waals surface area (Å²) in [6.45, 7) is -1.61. The molecule has 10 heteroatoms. The Hall–Kier alpha value is -2.65. The van der Waals surface area contributed by atoms with Gasteiger partial charge in [-0.3, -0.25) is 14.9 Å². The summed E-state index contributed by atoms with van der Waals surface area (Å²) in [5.74, 6) is -2.64. The molecule has 1 aromatic rings. The fourth-order valence-corrected chi connectivity index (χ4v) is 2.57. The van der Waals surface area contributed by atoms with Gasteiger partial charge in [0.15, 0.2) is 0 Å². The van der Waals surface area contributed by atoms with E-state index in [0.717, 1.165) is 24.6 Å². The Kier molecular flexibility index (Phi) is 5.29. The van der Waals surface area contributed by atoms with Crippen LogP contribution in [0, 0.1) is 16.0 Å². The Morgan fingerprint density at radius 2 is 1.84 bits per heavy atom. The predicted molar refractivity (Wildman–Crippen MR) is 79.4 cm³/mol. The maximum atomic E-state index is 12.8. The molecule has 0 aromatic heterocycles. The summed E-state index contributed by atoms with van der Waals surface area (Å²) < 4.78 is 38.3. The van der Waals surface area contributed by atoms with E-state index in [0.29, 0.717) is 17.7 Å². The topological polar surface area (TPSA) is 101 Å².